The molecule has 6 aliphatic rings. The summed E-state index contributed by atoms with van der Waals surface area (Å²) < 4.78 is 15.9. The average Bonchev–Trinajstić information content (AvgIpc) is 3.70. The average molecular weight is 643 g/mol. The fraction of sp³-hybridized carbons (Fsp3) is 0.318. The maximum atomic E-state index is 13.7. The lowest BCUT2D eigenvalue weighted by molar-refractivity contribution is -0.173. The van der Waals surface area contributed by atoms with Crippen molar-refractivity contribution >= 4 is 21.7 Å². The molecule has 4 aliphatic carbocycles. The zero-order chi connectivity index (χ0) is 32.2. The highest BCUT2D eigenvalue weighted by Gasteiger charge is 2.73. The smallest absolute Gasteiger partial charge is 0.166 e. The molecule has 2 fully saturated rings. The van der Waals surface area contributed by atoms with Gasteiger partial charge in [-0.15, -0.1) is 0 Å². The Hall–Kier alpha value is -4.58. The molecule has 1 saturated heterocycles. The summed E-state index contributed by atoms with van der Waals surface area (Å²) >= 11 is 0. The molecule has 2 bridgehead atoms. The number of likely N-dealkylation sites (tertiary alicyclic amines) is 1. The van der Waals surface area contributed by atoms with Crippen molar-refractivity contribution in [1.29, 1.82) is 0 Å². The maximum Gasteiger partial charge on any atom is 0.166 e. The molecule has 2 unspecified atom stereocenters. The van der Waals surface area contributed by atoms with Gasteiger partial charge in [-0.05, 0) is 94.6 Å². The number of piperidine rings is 1. The predicted octanol–water partition coefficient (Wildman–Crippen LogP) is 8.20. The third-order valence-corrected chi connectivity index (χ3v) is 13.4. The van der Waals surface area contributed by atoms with Crippen molar-refractivity contribution in [2.24, 2.45) is 5.92 Å². The van der Waals surface area contributed by atoms with E-state index >= 15 is 0 Å². The van der Waals surface area contributed by atoms with E-state index in [1.165, 1.54) is 84.7 Å². The van der Waals surface area contributed by atoms with Crippen LogP contribution in [0.15, 0.2) is 91.0 Å². The topological polar surface area (TPSA) is 46.9 Å². The van der Waals surface area contributed by atoms with Gasteiger partial charge in [-0.2, -0.15) is 0 Å². The molecular formula is C44H38N2O3. The number of rotatable bonds is 5. The summed E-state index contributed by atoms with van der Waals surface area (Å²) in [5.74, 6) is 2.39. The Morgan fingerprint density at radius 1 is 0.878 bits per heavy atom. The van der Waals surface area contributed by atoms with Gasteiger partial charge in [-0.1, -0.05) is 78.9 Å². The highest BCUT2D eigenvalue weighted by Crippen LogP contribution is 2.70. The molecule has 5 heteroatoms. The molecule has 49 heavy (non-hydrogen) atoms. The summed E-state index contributed by atoms with van der Waals surface area (Å²) in [6.45, 7) is 2.81. The van der Waals surface area contributed by atoms with E-state index in [2.05, 4.69) is 100 Å². The Kier molecular flexibility index (Phi) is 5.09. The highest BCUT2D eigenvalue weighted by atomic mass is 16.5. The van der Waals surface area contributed by atoms with Crippen molar-refractivity contribution < 1.29 is 14.6 Å². The highest BCUT2D eigenvalue weighted by molar-refractivity contribution is 6.23. The third-order valence-electron chi connectivity index (χ3n) is 13.4. The van der Waals surface area contributed by atoms with Crippen LogP contribution < -0.4 is 9.47 Å². The molecule has 0 amide bonds. The van der Waals surface area contributed by atoms with Crippen molar-refractivity contribution in [2.75, 3.05) is 20.2 Å². The molecule has 12 rings (SSSR count). The number of aliphatic hydroxyl groups is 1. The van der Waals surface area contributed by atoms with Crippen LogP contribution in [-0.2, 0) is 24.8 Å². The van der Waals surface area contributed by atoms with Gasteiger partial charge in [0.05, 0.1) is 29.3 Å². The van der Waals surface area contributed by atoms with Crippen LogP contribution in [0.4, 0.5) is 0 Å². The second kappa shape index (κ2) is 9.15. The summed E-state index contributed by atoms with van der Waals surface area (Å²) in [5, 5.41) is 17.6. The normalized spacial score (nSPS) is 26.8. The minimum Gasteiger partial charge on any atom is -0.493 e. The van der Waals surface area contributed by atoms with Gasteiger partial charge in [-0.3, -0.25) is 4.90 Å². The molecule has 6 aromatic rings. The van der Waals surface area contributed by atoms with Crippen LogP contribution in [0.25, 0.3) is 43.9 Å². The zero-order valence-electron chi connectivity index (χ0n) is 27.7. The van der Waals surface area contributed by atoms with E-state index in [-0.39, 0.29) is 12.1 Å². The van der Waals surface area contributed by atoms with Crippen LogP contribution >= 0.6 is 0 Å². The molecule has 0 radical (unpaired) electrons. The molecule has 242 valence electrons. The standard InChI is InChI=1S/C44H38N2O3/c1-48-35-17-16-27-20-36-44(47)22-34-33-21-32-29-11-6-5-10-28(29)30-12-7-13-31(37(30)32)39(33)46(24-25-8-3-2-4-9-25)40(34)42-43(44,38(27)41(35)49-42)18-19-45(36)23-26-14-15-26/h2-13,16-17,21,26,36,42,47H,14-15,18-20,22-24H2,1H3/t36-,42?,43+,44?/m1/s1. The molecule has 3 heterocycles. The van der Waals surface area contributed by atoms with Gasteiger partial charge in [0.2, 0.25) is 0 Å². The molecule has 5 nitrogen and oxygen atoms in total. The number of hydrogen-bond donors (Lipinski definition) is 1. The fourth-order valence-corrected chi connectivity index (χ4v) is 11.3. The first-order chi connectivity index (χ1) is 24.1. The van der Waals surface area contributed by atoms with E-state index in [0.717, 1.165) is 49.9 Å². The lowest BCUT2D eigenvalue weighted by Crippen LogP contribution is -2.74. The zero-order valence-corrected chi connectivity index (χ0v) is 27.7. The number of fused-ring (bicyclic) bond motifs is 8. The molecule has 2 aliphatic heterocycles. The van der Waals surface area contributed by atoms with Gasteiger partial charge in [0, 0.05) is 41.9 Å². The number of nitrogens with zero attached hydrogens (tertiary/aromatic N) is 2. The minimum atomic E-state index is -0.969. The Morgan fingerprint density at radius 3 is 2.49 bits per heavy atom. The van der Waals surface area contributed by atoms with Crippen LogP contribution in [0, 0.1) is 5.92 Å². The van der Waals surface area contributed by atoms with E-state index < -0.39 is 11.0 Å². The fourth-order valence-electron chi connectivity index (χ4n) is 11.3. The Balaban J connectivity index is 1.19. The number of aromatic nitrogens is 1. The summed E-state index contributed by atoms with van der Waals surface area (Å²) in [5.41, 5.74) is 11.3. The largest absolute Gasteiger partial charge is 0.493 e. The summed E-state index contributed by atoms with van der Waals surface area (Å²) in [7, 11) is 1.75. The summed E-state index contributed by atoms with van der Waals surface area (Å²) in [6, 6.07) is 33.4. The summed E-state index contributed by atoms with van der Waals surface area (Å²) in [6.07, 6.45) is 4.65. The van der Waals surface area contributed by atoms with Crippen molar-refractivity contribution in [3.05, 3.63) is 119 Å². The minimum absolute atomic E-state index is 0.0448. The quantitative estimate of drug-likeness (QED) is 0.206. The lowest BCUT2D eigenvalue weighted by atomic mass is 9.49. The molecular weight excluding hydrogens is 604 g/mol. The first-order valence-corrected chi connectivity index (χ1v) is 18.2. The number of methoxy groups -OCH3 is 1. The first-order valence-electron chi connectivity index (χ1n) is 18.2. The van der Waals surface area contributed by atoms with Crippen molar-refractivity contribution in [1.82, 2.24) is 9.47 Å². The maximum absolute atomic E-state index is 13.7. The molecule has 5 aromatic carbocycles. The molecule has 1 spiro atoms. The van der Waals surface area contributed by atoms with E-state index in [4.69, 9.17) is 9.47 Å². The SMILES string of the molecule is COc1ccc2c3c1OC1c4c(c5cc6c7c(cccc7c5n4Cc4ccccc4)-c4ccccc4-6)CC4(O)[C@@H](C2)N(CC2CC2)CC[C@]314. The van der Waals surface area contributed by atoms with Crippen molar-refractivity contribution in [3.8, 4) is 33.8 Å². The second-order valence-corrected chi connectivity index (χ2v) is 15.6. The second-order valence-electron chi connectivity index (χ2n) is 15.6. The van der Waals surface area contributed by atoms with E-state index in [1.807, 2.05) is 0 Å². The monoisotopic (exact) mass is 642 g/mol. The number of hydrogen-bond acceptors (Lipinski definition) is 4. The van der Waals surface area contributed by atoms with Crippen LogP contribution in [0.3, 0.4) is 0 Å². The number of ether oxygens (including phenoxy) is 2. The van der Waals surface area contributed by atoms with E-state index in [1.54, 1.807) is 7.11 Å². The van der Waals surface area contributed by atoms with Crippen molar-refractivity contribution in [3.63, 3.8) is 0 Å². The van der Waals surface area contributed by atoms with Gasteiger partial charge in [0.1, 0.15) is 0 Å². The Morgan fingerprint density at radius 2 is 1.67 bits per heavy atom. The number of benzene rings is 5. The van der Waals surface area contributed by atoms with Gasteiger partial charge in [-0.25, -0.2) is 0 Å². The van der Waals surface area contributed by atoms with Gasteiger partial charge in [0.25, 0.3) is 0 Å². The third kappa shape index (κ3) is 3.21. The molecule has 1 aromatic heterocycles. The van der Waals surface area contributed by atoms with E-state index in [0.29, 0.717) is 6.42 Å². The van der Waals surface area contributed by atoms with Gasteiger partial charge >= 0.3 is 0 Å². The molecule has 1 N–H and O–H groups in total. The van der Waals surface area contributed by atoms with Crippen LogP contribution in [0.2, 0.25) is 0 Å². The lowest BCUT2D eigenvalue weighted by Gasteiger charge is -2.63. The van der Waals surface area contributed by atoms with E-state index in [9.17, 15) is 5.11 Å². The predicted molar refractivity (Wildman–Crippen MR) is 193 cm³/mol. The summed E-state index contributed by atoms with van der Waals surface area (Å²) in [4.78, 5) is 2.66. The van der Waals surface area contributed by atoms with Gasteiger partial charge in [0.15, 0.2) is 17.6 Å². The molecule has 1 saturated carbocycles. The first kappa shape index (κ1) is 27.3. The Labute approximate surface area is 285 Å². The van der Waals surface area contributed by atoms with Crippen molar-refractivity contribution in [2.45, 2.75) is 61.8 Å². The van der Waals surface area contributed by atoms with Crippen LogP contribution in [0.1, 0.15) is 53.3 Å². The Bertz CT molecular complexity index is 2430. The molecule has 4 atom stereocenters. The van der Waals surface area contributed by atoms with Gasteiger partial charge < -0.3 is 19.1 Å². The van der Waals surface area contributed by atoms with Crippen LogP contribution in [0.5, 0.6) is 11.5 Å². The van der Waals surface area contributed by atoms with Crippen LogP contribution in [-0.4, -0.2) is 46.4 Å².